The van der Waals surface area contributed by atoms with Gasteiger partial charge in [-0.15, -0.1) is 0 Å². The van der Waals surface area contributed by atoms with E-state index in [0.29, 0.717) is 4.90 Å². The van der Waals surface area contributed by atoms with Crippen molar-refractivity contribution in [2.24, 2.45) is 0 Å². The quantitative estimate of drug-likeness (QED) is 0.868. The van der Waals surface area contributed by atoms with Gasteiger partial charge in [0.25, 0.3) is 0 Å². The molecule has 5 nitrogen and oxygen atoms in total. The average molecular weight is 277 g/mol. The Morgan fingerprint density at radius 2 is 1.68 bits per heavy atom. The van der Waals surface area contributed by atoms with Gasteiger partial charge in [-0.3, -0.25) is 4.79 Å². The van der Waals surface area contributed by atoms with Crippen LogP contribution in [-0.4, -0.2) is 41.4 Å². The minimum atomic E-state index is -5.07. The first-order valence-corrected chi connectivity index (χ1v) is 5.10. The molecule has 0 aliphatic rings. The number of amides is 1. The van der Waals surface area contributed by atoms with Gasteiger partial charge in [-0.1, -0.05) is 0 Å². The molecule has 1 aromatic carbocycles. The number of aliphatic hydroxyl groups is 1. The molecule has 1 aromatic rings. The molecule has 0 heterocycles. The van der Waals surface area contributed by atoms with Crippen molar-refractivity contribution in [1.82, 2.24) is 0 Å². The van der Waals surface area contributed by atoms with Crippen LogP contribution >= 0.6 is 0 Å². The van der Waals surface area contributed by atoms with Crippen LogP contribution in [0.4, 0.5) is 18.9 Å². The first kappa shape index (κ1) is 15.0. The van der Waals surface area contributed by atoms with E-state index in [2.05, 4.69) is 0 Å². The lowest BCUT2D eigenvalue weighted by molar-refractivity contribution is -0.170. The highest BCUT2D eigenvalue weighted by Gasteiger charge is 2.42. The van der Waals surface area contributed by atoms with E-state index >= 15 is 0 Å². The van der Waals surface area contributed by atoms with Gasteiger partial charge in [0.2, 0.25) is 0 Å². The molecule has 0 atom stereocenters. The highest BCUT2D eigenvalue weighted by Crippen LogP contribution is 2.23. The van der Waals surface area contributed by atoms with Crippen molar-refractivity contribution in [2.45, 2.75) is 6.18 Å². The number of hydrogen-bond donors (Lipinski definition) is 2. The van der Waals surface area contributed by atoms with Crippen LogP contribution in [0.3, 0.4) is 0 Å². The fourth-order valence-electron chi connectivity index (χ4n) is 1.38. The van der Waals surface area contributed by atoms with E-state index in [4.69, 9.17) is 10.2 Å². The lowest BCUT2D eigenvalue weighted by Gasteiger charge is -2.23. The molecule has 0 unspecified atom stereocenters. The minimum absolute atomic E-state index is 0.118. The summed E-state index contributed by atoms with van der Waals surface area (Å²) >= 11 is 0. The number of aromatic carboxylic acids is 1. The Kier molecular flexibility index (Phi) is 4.49. The fourth-order valence-corrected chi connectivity index (χ4v) is 1.38. The maximum Gasteiger partial charge on any atom is 0.471 e. The number of carboxylic acids is 1. The van der Waals surface area contributed by atoms with Gasteiger partial charge >= 0.3 is 18.1 Å². The van der Waals surface area contributed by atoms with Crippen LogP contribution in [0.2, 0.25) is 0 Å². The number of rotatable bonds is 4. The molecule has 0 aliphatic heterocycles. The summed E-state index contributed by atoms with van der Waals surface area (Å²) in [6.07, 6.45) is -5.07. The zero-order chi connectivity index (χ0) is 14.6. The summed E-state index contributed by atoms with van der Waals surface area (Å²) in [6.45, 7) is -1.19. The second-order valence-corrected chi connectivity index (χ2v) is 3.53. The SMILES string of the molecule is O=C(O)c1ccc(N(CCO)C(=O)C(F)(F)F)cc1. The van der Waals surface area contributed by atoms with E-state index in [9.17, 15) is 22.8 Å². The van der Waals surface area contributed by atoms with Gasteiger partial charge in [0.1, 0.15) is 0 Å². The van der Waals surface area contributed by atoms with Crippen LogP contribution in [-0.2, 0) is 4.79 Å². The van der Waals surface area contributed by atoms with Crippen LogP contribution < -0.4 is 4.90 Å². The Labute approximate surface area is 105 Å². The van der Waals surface area contributed by atoms with Gasteiger partial charge in [-0.2, -0.15) is 13.2 Å². The number of anilines is 1. The molecule has 1 amide bonds. The number of alkyl halides is 3. The van der Waals surface area contributed by atoms with Crippen LogP contribution in [0.5, 0.6) is 0 Å². The predicted molar refractivity (Wildman–Crippen MR) is 58.9 cm³/mol. The maximum atomic E-state index is 12.3. The van der Waals surface area contributed by atoms with Crippen molar-refractivity contribution >= 4 is 17.6 Å². The number of halogens is 3. The molecule has 19 heavy (non-hydrogen) atoms. The number of carboxylic acid groups (broad SMARTS) is 1. The second-order valence-electron chi connectivity index (χ2n) is 3.53. The summed E-state index contributed by atoms with van der Waals surface area (Å²) in [6, 6.07) is 4.29. The highest BCUT2D eigenvalue weighted by atomic mass is 19.4. The number of hydrogen-bond acceptors (Lipinski definition) is 3. The molecular weight excluding hydrogens is 267 g/mol. The monoisotopic (exact) mass is 277 g/mol. The average Bonchev–Trinajstić information content (AvgIpc) is 2.34. The zero-order valence-electron chi connectivity index (χ0n) is 9.52. The molecule has 0 bridgehead atoms. The van der Waals surface area contributed by atoms with E-state index in [1.807, 2.05) is 0 Å². The number of carbonyl (C=O) groups is 2. The van der Waals surface area contributed by atoms with Crippen LogP contribution in [0, 0.1) is 0 Å². The molecule has 0 radical (unpaired) electrons. The molecule has 104 valence electrons. The molecule has 0 spiro atoms. The van der Waals surface area contributed by atoms with Crippen molar-refractivity contribution in [2.75, 3.05) is 18.1 Å². The molecule has 0 saturated heterocycles. The summed E-state index contributed by atoms with van der Waals surface area (Å²) in [5.41, 5.74) is -0.256. The van der Waals surface area contributed by atoms with Crippen LogP contribution in [0.1, 0.15) is 10.4 Å². The van der Waals surface area contributed by atoms with Crippen molar-refractivity contribution in [1.29, 1.82) is 0 Å². The van der Waals surface area contributed by atoms with Gasteiger partial charge in [0, 0.05) is 12.2 Å². The maximum absolute atomic E-state index is 12.3. The standard InChI is InChI=1S/C11H10F3NO4/c12-11(13,14)10(19)15(5-6-16)8-3-1-7(2-4-8)9(17)18/h1-4,16H,5-6H2,(H,17,18). The first-order chi connectivity index (χ1) is 8.77. The van der Waals surface area contributed by atoms with Gasteiger partial charge in [-0.05, 0) is 24.3 Å². The molecule has 0 aromatic heterocycles. The minimum Gasteiger partial charge on any atom is -0.478 e. The molecule has 1 rings (SSSR count). The predicted octanol–water partition coefficient (Wildman–Crippen LogP) is 1.27. The third kappa shape index (κ3) is 3.68. The van der Waals surface area contributed by atoms with E-state index in [-0.39, 0.29) is 11.3 Å². The summed E-state index contributed by atoms with van der Waals surface area (Å²) in [4.78, 5) is 22.1. The number of benzene rings is 1. The largest absolute Gasteiger partial charge is 0.478 e. The Morgan fingerprint density at radius 1 is 1.16 bits per heavy atom. The van der Waals surface area contributed by atoms with Gasteiger partial charge < -0.3 is 15.1 Å². The van der Waals surface area contributed by atoms with E-state index in [0.717, 1.165) is 24.3 Å². The first-order valence-electron chi connectivity index (χ1n) is 5.10. The molecule has 2 N–H and O–H groups in total. The third-order valence-corrected chi connectivity index (χ3v) is 2.24. The lowest BCUT2D eigenvalue weighted by Crippen LogP contribution is -2.42. The van der Waals surface area contributed by atoms with Crippen molar-refractivity contribution in [3.8, 4) is 0 Å². The number of carbonyl (C=O) groups excluding carboxylic acids is 1. The van der Waals surface area contributed by atoms with E-state index in [1.54, 1.807) is 0 Å². The smallest absolute Gasteiger partial charge is 0.471 e. The van der Waals surface area contributed by atoms with E-state index < -0.39 is 31.2 Å². The summed E-state index contributed by atoms with van der Waals surface area (Å²) < 4.78 is 37.0. The second kappa shape index (κ2) is 5.70. The molecule has 0 fully saturated rings. The third-order valence-electron chi connectivity index (χ3n) is 2.24. The van der Waals surface area contributed by atoms with Gasteiger partial charge in [0.05, 0.1) is 12.2 Å². The van der Waals surface area contributed by atoms with Gasteiger partial charge in [0.15, 0.2) is 0 Å². The summed E-state index contributed by atoms with van der Waals surface area (Å²) in [5, 5.41) is 17.4. The Morgan fingerprint density at radius 3 is 2.05 bits per heavy atom. The number of nitrogens with zero attached hydrogens (tertiary/aromatic N) is 1. The number of aliphatic hydroxyl groups excluding tert-OH is 1. The Bertz CT molecular complexity index is 470. The Balaban J connectivity index is 3.06. The van der Waals surface area contributed by atoms with Gasteiger partial charge in [-0.25, -0.2) is 4.79 Å². The molecular formula is C11H10F3NO4. The topological polar surface area (TPSA) is 77.8 Å². The summed E-state index contributed by atoms with van der Waals surface area (Å²) in [5.74, 6) is -3.35. The fraction of sp³-hybridized carbons (Fsp3) is 0.273. The zero-order valence-corrected chi connectivity index (χ0v) is 9.52. The van der Waals surface area contributed by atoms with Crippen LogP contribution in [0.25, 0.3) is 0 Å². The van der Waals surface area contributed by atoms with Crippen molar-refractivity contribution in [3.63, 3.8) is 0 Å². The summed E-state index contributed by atoms with van der Waals surface area (Å²) in [7, 11) is 0. The molecule has 0 aliphatic carbocycles. The highest BCUT2D eigenvalue weighted by molar-refractivity contribution is 5.97. The van der Waals surface area contributed by atoms with Crippen LogP contribution in [0.15, 0.2) is 24.3 Å². The van der Waals surface area contributed by atoms with Crippen molar-refractivity contribution < 1.29 is 33.0 Å². The Hall–Kier alpha value is -2.09. The molecule has 0 saturated carbocycles. The lowest BCUT2D eigenvalue weighted by atomic mass is 10.2. The van der Waals surface area contributed by atoms with E-state index in [1.165, 1.54) is 0 Å². The van der Waals surface area contributed by atoms with Crippen molar-refractivity contribution in [3.05, 3.63) is 29.8 Å². The molecule has 8 heteroatoms. The normalized spacial score (nSPS) is 11.2.